The van der Waals surface area contributed by atoms with E-state index < -0.39 is 10.0 Å². The molecule has 0 aromatic heterocycles. The number of carbonyl (C=O) groups is 1. The molecule has 0 bridgehead atoms. The summed E-state index contributed by atoms with van der Waals surface area (Å²) < 4.78 is 27.7. The van der Waals surface area contributed by atoms with Gasteiger partial charge in [-0.15, -0.1) is 0 Å². The first-order valence-electron chi connectivity index (χ1n) is 9.33. The van der Waals surface area contributed by atoms with E-state index in [0.717, 1.165) is 24.0 Å². The van der Waals surface area contributed by atoms with Gasteiger partial charge in [-0.3, -0.25) is 4.79 Å². The Hall–Kier alpha value is -2.18. The number of amides is 1. The molecule has 0 unspecified atom stereocenters. The number of hydrogen-bond donors (Lipinski definition) is 1. The van der Waals surface area contributed by atoms with E-state index in [-0.39, 0.29) is 16.4 Å². The number of nitrogens with zero attached hydrogens (tertiary/aromatic N) is 1. The van der Waals surface area contributed by atoms with Gasteiger partial charge < -0.3 is 5.32 Å². The third-order valence-corrected chi connectivity index (χ3v) is 6.19. The van der Waals surface area contributed by atoms with Gasteiger partial charge in [-0.1, -0.05) is 55.8 Å². The van der Waals surface area contributed by atoms with Crippen LogP contribution in [-0.2, 0) is 16.6 Å². The molecule has 5 nitrogen and oxygen atoms in total. The summed E-state index contributed by atoms with van der Waals surface area (Å²) in [5.74, 6) is -0.386. The first kappa shape index (κ1) is 21.1. The Morgan fingerprint density at radius 2 is 1.67 bits per heavy atom. The highest BCUT2D eigenvalue weighted by molar-refractivity contribution is 7.89. The molecule has 0 saturated carbocycles. The van der Waals surface area contributed by atoms with E-state index in [1.54, 1.807) is 18.2 Å². The van der Waals surface area contributed by atoms with Crippen LogP contribution in [0.3, 0.4) is 0 Å². The maximum absolute atomic E-state index is 13.1. The van der Waals surface area contributed by atoms with Crippen LogP contribution in [0.25, 0.3) is 0 Å². The number of sulfonamides is 1. The van der Waals surface area contributed by atoms with Crippen molar-refractivity contribution in [3.8, 4) is 0 Å². The van der Waals surface area contributed by atoms with Crippen molar-refractivity contribution in [2.45, 2.75) is 45.1 Å². The zero-order valence-electron chi connectivity index (χ0n) is 16.2. The van der Waals surface area contributed by atoms with Gasteiger partial charge in [0.05, 0.1) is 10.5 Å². The molecule has 6 heteroatoms. The third-order valence-electron chi connectivity index (χ3n) is 4.23. The summed E-state index contributed by atoms with van der Waals surface area (Å²) in [6, 6.07) is 14.3. The van der Waals surface area contributed by atoms with Gasteiger partial charge in [0.1, 0.15) is 0 Å². The molecule has 0 aliphatic rings. The van der Waals surface area contributed by atoms with Crippen LogP contribution >= 0.6 is 0 Å². The summed E-state index contributed by atoms with van der Waals surface area (Å²) in [7, 11) is -3.72. The maximum Gasteiger partial charge on any atom is 0.252 e. The topological polar surface area (TPSA) is 66.5 Å². The van der Waals surface area contributed by atoms with Crippen LogP contribution in [0.2, 0.25) is 0 Å². The summed E-state index contributed by atoms with van der Waals surface area (Å²) in [4.78, 5) is 12.8. The lowest BCUT2D eigenvalue weighted by Gasteiger charge is -2.22. The summed E-state index contributed by atoms with van der Waals surface area (Å²) >= 11 is 0. The summed E-state index contributed by atoms with van der Waals surface area (Å²) in [6.45, 7) is 7.11. The lowest BCUT2D eigenvalue weighted by molar-refractivity contribution is 0.0947. The van der Waals surface area contributed by atoms with Gasteiger partial charge in [-0.25, -0.2) is 8.42 Å². The Kier molecular flexibility index (Phi) is 7.56. The molecule has 0 aliphatic heterocycles. The number of hydrogen-bond acceptors (Lipinski definition) is 3. The van der Waals surface area contributed by atoms with Crippen molar-refractivity contribution in [3.05, 3.63) is 65.2 Å². The van der Waals surface area contributed by atoms with Gasteiger partial charge >= 0.3 is 0 Å². The molecule has 0 heterocycles. The molecule has 2 aromatic carbocycles. The molecule has 27 heavy (non-hydrogen) atoms. The van der Waals surface area contributed by atoms with Gasteiger partial charge in [-0.05, 0) is 37.5 Å². The molecule has 0 atom stereocenters. The number of carbonyl (C=O) groups excluding carboxylic acids is 1. The first-order valence-corrected chi connectivity index (χ1v) is 10.8. The fraction of sp³-hybridized carbons (Fsp3) is 0.381. The average Bonchev–Trinajstić information content (AvgIpc) is 2.66. The van der Waals surface area contributed by atoms with Crippen LogP contribution in [0, 0.1) is 6.92 Å². The van der Waals surface area contributed by atoms with E-state index in [0.29, 0.717) is 19.6 Å². The molecule has 1 N–H and O–H groups in total. The van der Waals surface area contributed by atoms with Gasteiger partial charge in [0.25, 0.3) is 5.91 Å². The van der Waals surface area contributed by atoms with Crippen molar-refractivity contribution in [3.63, 3.8) is 0 Å². The molecule has 2 rings (SSSR count). The van der Waals surface area contributed by atoms with Crippen LogP contribution in [0.1, 0.15) is 48.2 Å². The zero-order valence-corrected chi connectivity index (χ0v) is 17.1. The van der Waals surface area contributed by atoms with Crippen LogP contribution in [-0.4, -0.2) is 31.7 Å². The second-order valence-electron chi connectivity index (χ2n) is 6.57. The van der Waals surface area contributed by atoms with Gasteiger partial charge in [-0.2, -0.15) is 4.31 Å². The lowest BCUT2D eigenvalue weighted by Crippen LogP contribution is -2.34. The van der Waals surface area contributed by atoms with Gasteiger partial charge in [0.2, 0.25) is 10.0 Å². The second kappa shape index (κ2) is 9.67. The lowest BCUT2D eigenvalue weighted by atomic mass is 10.1. The molecule has 0 fully saturated rings. The van der Waals surface area contributed by atoms with Crippen LogP contribution in [0.5, 0.6) is 0 Å². The molecule has 2 aromatic rings. The first-order chi connectivity index (χ1) is 12.9. The Morgan fingerprint density at radius 3 is 2.30 bits per heavy atom. The molecule has 0 spiro atoms. The van der Waals surface area contributed by atoms with Crippen molar-refractivity contribution >= 4 is 15.9 Å². The standard InChI is InChI=1S/C21H28N2O3S/c1-4-13-23(14-5-2)27(25,26)20-12-7-6-11-19(20)21(24)22-16-18-10-8-9-17(3)15-18/h6-12,15H,4-5,13-14,16H2,1-3H3,(H,22,24). The predicted molar refractivity (Wildman–Crippen MR) is 108 cm³/mol. The van der Waals surface area contributed by atoms with Crippen molar-refractivity contribution in [2.24, 2.45) is 0 Å². The Morgan fingerprint density at radius 1 is 1.00 bits per heavy atom. The van der Waals surface area contributed by atoms with E-state index in [2.05, 4.69) is 5.32 Å². The SMILES string of the molecule is CCCN(CCC)S(=O)(=O)c1ccccc1C(=O)NCc1cccc(C)c1. The predicted octanol–water partition coefficient (Wildman–Crippen LogP) is 3.74. The summed E-state index contributed by atoms with van der Waals surface area (Å²) in [5, 5.41) is 2.84. The molecule has 0 aliphatic carbocycles. The zero-order chi connectivity index (χ0) is 19.9. The highest BCUT2D eigenvalue weighted by Crippen LogP contribution is 2.21. The Balaban J connectivity index is 2.27. The average molecular weight is 389 g/mol. The van der Waals surface area contributed by atoms with E-state index >= 15 is 0 Å². The van der Waals surface area contributed by atoms with Crippen LogP contribution in [0.4, 0.5) is 0 Å². The largest absolute Gasteiger partial charge is 0.348 e. The number of aryl methyl sites for hydroxylation is 1. The second-order valence-corrected chi connectivity index (χ2v) is 8.48. The normalized spacial score (nSPS) is 11.6. The fourth-order valence-electron chi connectivity index (χ4n) is 2.97. The molecule has 146 valence electrons. The van der Waals surface area contributed by atoms with Crippen molar-refractivity contribution in [2.75, 3.05) is 13.1 Å². The molecule has 0 saturated heterocycles. The Labute approximate surface area is 162 Å². The minimum atomic E-state index is -3.72. The highest BCUT2D eigenvalue weighted by Gasteiger charge is 2.27. The molecular formula is C21H28N2O3S. The number of rotatable bonds is 9. The van der Waals surface area contributed by atoms with Crippen LogP contribution in [0.15, 0.2) is 53.4 Å². The number of nitrogens with one attached hydrogen (secondary N) is 1. The van der Waals surface area contributed by atoms with Crippen molar-refractivity contribution < 1.29 is 13.2 Å². The van der Waals surface area contributed by atoms with Crippen molar-refractivity contribution in [1.82, 2.24) is 9.62 Å². The minimum Gasteiger partial charge on any atom is -0.348 e. The monoisotopic (exact) mass is 388 g/mol. The highest BCUT2D eigenvalue weighted by atomic mass is 32.2. The fourth-order valence-corrected chi connectivity index (χ4v) is 4.78. The van der Waals surface area contributed by atoms with Gasteiger partial charge in [0.15, 0.2) is 0 Å². The van der Waals surface area contributed by atoms with Crippen molar-refractivity contribution in [1.29, 1.82) is 0 Å². The summed E-state index contributed by atoms with van der Waals surface area (Å²) in [6.07, 6.45) is 1.45. The quantitative estimate of drug-likeness (QED) is 0.712. The van der Waals surface area contributed by atoms with E-state index in [1.807, 2.05) is 45.0 Å². The third kappa shape index (κ3) is 5.40. The van der Waals surface area contributed by atoms with E-state index in [1.165, 1.54) is 10.4 Å². The van der Waals surface area contributed by atoms with E-state index in [9.17, 15) is 13.2 Å². The molecular weight excluding hydrogens is 360 g/mol. The summed E-state index contributed by atoms with van der Waals surface area (Å²) in [5.41, 5.74) is 2.27. The van der Waals surface area contributed by atoms with Crippen LogP contribution < -0.4 is 5.32 Å². The smallest absolute Gasteiger partial charge is 0.252 e. The number of benzene rings is 2. The molecule has 1 amide bonds. The minimum absolute atomic E-state index is 0.0636. The van der Waals surface area contributed by atoms with E-state index in [4.69, 9.17) is 0 Å². The van der Waals surface area contributed by atoms with Gasteiger partial charge in [0, 0.05) is 19.6 Å². The Bertz CT molecular complexity index is 873. The molecule has 0 radical (unpaired) electrons. The maximum atomic E-state index is 13.1.